The lowest BCUT2D eigenvalue weighted by Crippen LogP contribution is -2.47. The topological polar surface area (TPSA) is 76.7 Å². The predicted molar refractivity (Wildman–Crippen MR) is 118 cm³/mol. The van der Waals surface area contributed by atoms with E-state index in [-0.39, 0.29) is 18.6 Å². The first kappa shape index (κ1) is 21.9. The van der Waals surface area contributed by atoms with Gasteiger partial charge in [-0.2, -0.15) is 0 Å². The van der Waals surface area contributed by atoms with Crippen LogP contribution >= 0.6 is 15.9 Å². The molecule has 6 nitrogen and oxygen atoms in total. The van der Waals surface area contributed by atoms with Gasteiger partial charge in [-0.15, -0.1) is 0 Å². The molecule has 2 aromatic rings. The van der Waals surface area contributed by atoms with Crippen LogP contribution in [0, 0.1) is 5.92 Å². The minimum Gasteiger partial charge on any atom is -0.489 e. The maximum atomic E-state index is 12.8. The molecule has 0 spiro atoms. The van der Waals surface area contributed by atoms with Crippen LogP contribution in [0.3, 0.4) is 0 Å². The molecule has 0 aliphatic carbocycles. The molecular formula is C23H25BrN2O4. The van der Waals surface area contributed by atoms with E-state index in [9.17, 15) is 9.59 Å². The fourth-order valence-electron chi connectivity index (χ4n) is 3.30. The Morgan fingerprint density at radius 1 is 1.13 bits per heavy atom. The number of hydrogen-bond acceptors (Lipinski definition) is 4. The van der Waals surface area contributed by atoms with Crippen LogP contribution < -0.4 is 15.4 Å². The number of nitrogens with one attached hydrogen (secondary N) is 2. The Balaban J connectivity index is 1.97. The third kappa shape index (κ3) is 5.02. The van der Waals surface area contributed by atoms with Gasteiger partial charge in [0.05, 0.1) is 18.2 Å². The lowest BCUT2D eigenvalue weighted by molar-refractivity contribution is -0.139. The fourth-order valence-corrected chi connectivity index (χ4v) is 3.57. The van der Waals surface area contributed by atoms with E-state index in [0.29, 0.717) is 29.2 Å². The third-order valence-corrected chi connectivity index (χ3v) is 5.24. The zero-order valence-corrected chi connectivity index (χ0v) is 18.8. The molecule has 0 fully saturated rings. The average Bonchev–Trinajstić information content (AvgIpc) is 2.73. The van der Waals surface area contributed by atoms with Crippen molar-refractivity contribution in [2.75, 3.05) is 6.61 Å². The SMILES string of the molecule is CCOC(=O)C1=C(C(C)C)NC(=O)NC1c1ccccc1OCc1ccc(Br)cc1. The van der Waals surface area contributed by atoms with Gasteiger partial charge in [-0.1, -0.05) is 60.1 Å². The maximum Gasteiger partial charge on any atom is 0.338 e. The molecule has 1 aliphatic heterocycles. The second-order valence-electron chi connectivity index (χ2n) is 7.19. The minimum atomic E-state index is -0.670. The summed E-state index contributed by atoms with van der Waals surface area (Å²) in [6.45, 7) is 6.21. The molecular weight excluding hydrogens is 448 g/mol. The monoisotopic (exact) mass is 472 g/mol. The van der Waals surface area contributed by atoms with Crippen molar-refractivity contribution in [1.82, 2.24) is 10.6 Å². The van der Waals surface area contributed by atoms with Crippen LogP contribution in [0.5, 0.6) is 5.75 Å². The van der Waals surface area contributed by atoms with Crippen LogP contribution in [0.2, 0.25) is 0 Å². The van der Waals surface area contributed by atoms with Crippen molar-refractivity contribution in [3.8, 4) is 5.75 Å². The predicted octanol–water partition coefficient (Wildman–Crippen LogP) is 4.86. The highest BCUT2D eigenvalue weighted by molar-refractivity contribution is 9.10. The molecule has 2 amide bonds. The van der Waals surface area contributed by atoms with Gasteiger partial charge in [0.15, 0.2) is 0 Å². The molecule has 1 atom stereocenters. The molecule has 2 aromatic carbocycles. The normalized spacial score (nSPS) is 16.2. The fraction of sp³-hybridized carbons (Fsp3) is 0.304. The van der Waals surface area contributed by atoms with Crippen LogP contribution in [0.15, 0.2) is 64.3 Å². The Kier molecular flexibility index (Phi) is 7.15. The number of carbonyl (C=O) groups excluding carboxylic acids is 2. The summed E-state index contributed by atoms with van der Waals surface area (Å²) >= 11 is 3.43. The van der Waals surface area contributed by atoms with Gasteiger partial charge in [-0.25, -0.2) is 9.59 Å². The molecule has 1 heterocycles. The van der Waals surface area contributed by atoms with Crippen LogP contribution in [0.4, 0.5) is 4.79 Å². The van der Waals surface area contributed by atoms with Crippen LogP contribution in [0.1, 0.15) is 37.9 Å². The number of para-hydroxylation sites is 1. The molecule has 7 heteroatoms. The van der Waals surface area contributed by atoms with Gasteiger partial charge < -0.3 is 20.1 Å². The second-order valence-corrected chi connectivity index (χ2v) is 8.10. The van der Waals surface area contributed by atoms with Crippen molar-refractivity contribution >= 4 is 27.9 Å². The summed E-state index contributed by atoms with van der Waals surface area (Å²) in [6.07, 6.45) is 0. The number of carbonyl (C=O) groups is 2. The van der Waals surface area contributed by atoms with Crippen LogP contribution in [-0.2, 0) is 16.1 Å². The quantitative estimate of drug-likeness (QED) is 0.564. The first-order valence-corrected chi connectivity index (χ1v) is 10.6. The van der Waals surface area contributed by atoms with Gasteiger partial charge in [0.1, 0.15) is 12.4 Å². The van der Waals surface area contributed by atoms with Gasteiger partial charge >= 0.3 is 12.0 Å². The number of rotatable bonds is 7. The Labute approximate surface area is 184 Å². The second kappa shape index (κ2) is 9.80. The average molecular weight is 473 g/mol. The van der Waals surface area contributed by atoms with Crippen molar-refractivity contribution in [2.45, 2.75) is 33.4 Å². The van der Waals surface area contributed by atoms with E-state index in [4.69, 9.17) is 9.47 Å². The zero-order chi connectivity index (χ0) is 21.7. The molecule has 0 bridgehead atoms. The van der Waals surface area contributed by atoms with Crippen molar-refractivity contribution in [1.29, 1.82) is 0 Å². The summed E-state index contributed by atoms with van der Waals surface area (Å²) in [5, 5.41) is 5.63. The first-order valence-electron chi connectivity index (χ1n) is 9.85. The molecule has 2 N–H and O–H groups in total. The Morgan fingerprint density at radius 3 is 2.50 bits per heavy atom. The molecule has 0 radical (unpaired) electrons. The van der Waals surface area contributed by atoms with Crippen molar-refractivity contribution in [2.24, 2.45) is 5.92 Å². The van der Waals surface area contributed by atoms with E-state index in [1.54, 1.807) is 6.92 Å². The van der Waals surface area contributed by atoms with Crippen LogP contribution in [-0.4, -0.2) is 18.6 Å². The number of hydrogen-bond donors (Lipinski definition) is 2. The summed E-state index contributed by atoms with van der Waals surface area (Å²) in [7, 11) is 0. The maximum absolute atomic E-state index is 12.8. The third-order valence-electron chi connectivity index (χ3n) is 4.71. The molecule has 30 heavy (non-hydrogen) atoms. The smallest absolute Gasteiger partial charge is 0.338 e. The molecule has 158 valence electrons. The largest absolute Gasteiger partial charge is 0.489 e. The Morgan fingerprint density at radius 2 is 1.83 bits per heavy atom. The van der Waals surface area contributed by atoms with Gasteiger partial charge in [0.2, 0.25) is 0 Å². The summed E-state index contributed by atoms with van der Waals surface area (Å²) in [6, 6.07) is 14.2. The summed E-state index contributed by atoms with van der Waals surface area (Å²) in [5.74, 6) is 0.0766. The molecule has 1 unspecified atom stereocenters. The summed E-state index contributed by atoms with van der Waals surface area (Å²) in [4.78, 5) is 25.2. The lowest BCUT2D eigenvalue weighted by atomic mass is 9.91. The standard InChI is InChI=1S/C23H25BrN2O4/c1-4-29-22(27)19-20(14(2)3)25-23(28)26-21(19)17-7-5-6-8-18(17)30-13-15-9-11-16(24)12-10-15/h5-12,14,21H,4,13H2,1-3H3,(H2,25,26,28). The van der Waals surface area contributed by atoms with E-state index in [0.717, 1.165) is 10.0 Å². The minimum absolute atomic E-state index is 0.0613. The van der Waals surface area contributed by atoms with E-state index in [2.05, 4.69) is 26.6 Å². The summed E-state index contributed by atoms with van der Waals surface area (Å²) < 4.78 is 12.4. The lowest BCUT2D eigenvalue weighted by Gasteiger charge is -2.31. The van der Waals surface area contributed by atoms with Gasteiger partial charge in [0.25, 0.3) is 0 Å². The zero-order valence-electron chi connectivity index (χ0n) is 17.2. The first-order chi connectivity index (χ1) is 14.4. The van der Waals surface area contributed by atoms with Crippen molar-refractivity contribution in [3.05, 3.63) is 75.4 Å². The highest BCUT2D eigenvalue weighted by Crippen LogP contribution is 2.35. The highest BCUT2D eigenvalue weighted by atomic mass is 79.9. The molecule has 0 saturated carbocycles. The van der Waals surface area contributed by atoms with E-state index >= 15 is 0 Å². The Hall–Kier alpha value is -2.80. The molecule has 3 rings (SSSR count). The molecule has 1 aliphatic rings. The number of amides is 2. The van der Waals surface area contributed by atoms with E-state index in [1.165, 1.54) is 0 Å². The number of allylic oxidation sites excluding steroid dienone is 1. The van der Waals surface area contributed by atoms with Gasteiger partial charge in [-0.05, 0) is 36.6 Å². The van der Waals surface area contributed by atoms with Gasteiger partial charge in [-0.3, -0.25) is 0 Å². The van der Waals surface area contributed by atoms with Gasteiger partial charge in [0, 0.05) is 15.7 Å². The number of esters is 1. The summed E-state index contributed by atoms with van der Waals surface area (Å²) in [5.41, 5.74) is 2.66. The number of urea groups is 1. The molecule has 0 saturated heterocycles. The van der Waals surface area contributed by atoms with E-state index in [1.807, 2.05) is 62.4 Å². The van der Waals surface area contributed by atoms with E-state index < -0.39 is 12.0 Å². The van der Waals surface area contributed by atoms with Crippen LogP contribution in [0.25, 0.3) is 0 Å². The molecule has 0 aromatic heterocycles. The highest BCUT2D eigenvalue weighted by Gasteiger charge is 2.36. The number of benzene rings is 2. The number of ether oxygens (including phenoxy) is 2. The van der Waals surface area contributed by atoms with Crippen molar-refractivity contribution in [3.63, 3.8) is 0 Å². The number of halogens is 1. The Bertz CT molecular complexity index is 954. The van der Waals surface area contributed by atoms with Crippen molar-refractivity contribution < 1.29 is 19.1 Å².